The fraction of sp³-hybridized carbons (Fsp3) is 0.500. The highest BCUT2D eigenvalue weighted by Gasteiger charge is 2.35. The van der Waals surface area contributed by atoms with Gasteiger partial charge >= 0.3 is 6.18 Å². The van der Waals surface area contributed by atoms with E-state index in [1.54, 1.807) is 0 Å². The van der Waals surface area contributed by atoms with E-state index in [4.69, 9.17) is 4.74 Å². The predicted octanol–water partition coefficient (Wildman–Crippen LogP) is 3.60. The van der Waals surface area contributed by atoms with Crippen LogP contribution in [0.5, 0.6) is 5.75 Å². The van der Waals surface area contributed by atoms with E-state index in [0.29, 0.717) is 11.0 Å². The number of ether oxygens (including phenoxy) is 1. The summed E-state index contributed by atoms with van der Waals surface area (Å²) in [5.74, 6) is -0.106. The number of rotatable bonds is 2. The topological polar surface area (TPSA) is 21.3 Å². The molecule has 0 spiro atoms. The average Bonchev–Trinajstić information content (AvgIpc) is 2.28. The first kappa shape index (κ1) is 13.7. The largest absolute Gasteiger partial charge is 0.488 e. The Morgan fingerprint density at radius 2 is 2.11 bits per heavy atom. The molecule has 0 aliphatic carbocycles. The van der Waals surface area contributed by atoms with Gasteiger partial charge in [0.05, 0.1) is 5.56 Å². The fourth-order valence-electron chi connectivity index (χ4n) is 1.93. The van der Waals surface area contributed by atoms with Crippen molar-refractivity contribution in [3.63, 3.8) is 0 Å². The quantitative estimate of drug-likeness (QED) is 0.897. The zero-order valence-corrected chi connectivity index (χ0v) is 11.1. The van der Waals surface area contributed by atoms with Crippen molar-refractivity contribution in [3.8, 4) is 5.75 Å². The van der Waals surface area contributed by atoms with E-state index in [1.165, 1.54) is 12.1 Å². The van der Waals surface area contributed by atoms with Crippen LogP contribution in [0.3, 0.4) is 0 Å². The molecule has 18 heavy (non-hydrogen) atoms. The molecule has 100 valence electrons. The zero-order chi connectivity index (χ0) is 13.2. The van der Waals surface area contributed by atoms with E-state index >= 15 is 0 Å². The summed E-state index contributed by atoms with van der Waals surface area (Å²) in [6, 6.07) is 3.78. The Morgan fingerprint density at radius 1 is 1.33 bits per heavy atom. The van der Waals surface area contributed by atoms with Crippen LogP contribution in [0.4, 0.5) is 13.2 Å². The van der Waals surface area contributed by atoms with Crippen LogP contribution in [0.2, 0.25) is 0 Å². The molecule has 0 amide bonds. The van der Waals surface area contributed by atoms with Crippen molar-refractivity contribution in [1.29, 1.82) is 0 Å². The number of piperidine rings is 1. The first-order valence-electron chi connectivity index (χ1n) is 5.71. The van der Waals surface area contributed by atoms with Crippen molar-refractivity contribution in [1.82, 2.24) is 5.32 Å². The maximum atomic E-state index is 12.8. The van der Waals surface area contributed by atoms with Crippen molar-refractivity contribution in [3.05, 3.63) is 28.2 Å². The van der Waals surface area contributed by atoms with E-state index in [0.717, 1.165) is 25.5 Å². The van der Waals surface area contributed by atoms with Crippen LogP contribution < -0.4 is 10.1 Å². The molecule has 6 heteroatoms. The second-order valence-electron chi connectivity index (χ2n) is 4.22. The first-order valence-corrected chi connectivity index (χ1v) is 6.50. The van der Waals surface area contributed by atoms with Crippen molar-refractivity contribution < 1.29 is 17.9 Å². The predicted molar refractivity (Wildman–Crippen MR) is 65.7 cm³/mol. The van der Waals surface area contributed by atoms with Crippen LogP contribution in [-0.4, -0.2) is 19.2 Å². The Morgan fingerprint density at radius 3 is 2.72 bits per heavy atom. The number of alkyl halides is 3. The number of hydrogen-bond acceptors (Lipinski definition) is 2. The van der Waals surface area contributed by atoms with Gasteiger partial charge in [-0.3, -0.25) is 0 Å². The van der Waals surface area contributed by atoms with E-state index in [1.807, 2.05) is 0 Å². The third-order valence-electron chi connectivity index (χ3n) is 2.79. The Labute approximate surface area is 112 Å². The van der Waals surface area contributed by atoms with Crippen LogP contribution in [-0.2, 0) is 6.18 Å². The molecule has 1 aromatic rings. The van der Waals surface area contributed by atoms with Gasteiger partial charge in [-0.15, -0.1) is 0 Å². The second kappa shape index (κ2) is 5.48. The number of hydrogen-bond donors (Lipinski definition) is 1. The number of benzene rings is 1. The van der Waals surface area contributed by atoms with E-state index in [-0.39, 0.29) is 11.9 Å². The molecule has 1 saturated heterocycles. The van der Waals surface area contributed by atoms with Crippen LogP contribution in [0.1, 0.15) is 18.4 Å². The van der Waals surface area contributed by atoms with E-state index in [9.17, 15) is 13.2 Å². The second-order valence-corrected chi connectivity index (χ2v) is 5.14. The number of nitrogens with one attached hydrogen (secondary N) is 1. The molecule has 2 nitrogen and oxygen atoms in total. The maximum absolute atomic E-state index is 12.8. The van der Waals surface area contributed by atoms with Gasteiger partial charge in [-0.2, -0.15) is 13.2 Å². The molecule has 1 atom stereocenters. The molecular weight excluding hydrogens is 311 g/mol. The lowest BCUT2D eigenvalue weighted by Crippen LogP contribution is -2.37. The van der Waals surface area contributed by atoms with E-state index in [2.05, 4.69) is 21.2 Å². The summed E-state index contributed by atoms with van der Waals surface area (Å²) in [6.07, 6.45) is -2.90. The third kappa shape index (κ3) is 3.38. The molecule has 2 rings (SSSR count). The minimum absolute atomic E-state index is 0.106. The lowest BCUT2D eigenvalue weighted by atomic mass is 10.1. The Bertz CT molecular complexity index is 416. The zero-order valence-electron chi connectivity index (χ0n) is 9.56. The Hall–Kier alpha value is -0.750. The Kier molecular flexibility index (Phi) is 4.17. The van der Waals surface area contributed by atoms with Gasteiger partial charge in [0.25, 0.3) is 0 Å². The molecule has 0 aromatic heterocycles. The van der Waals surface area contributed by atoms with E-state index < -0.39 is 11.7 Å². The standard InChI is InChI=1S/C12H13BrF3NO/c13-8-3-4-10(12(14,15)16)11(6-8)18-9-2-1-5-17-7-9/h3-4,6,9,17H,1-2,5,7H2. The highest BCUT2D eigenvalue weighted by Crippen LogP contribution is 2.38. The highest BCUT2D eigenvalue weighted by molar-refractivity contribution is 9.10. The summed E-state index contributed by atoms with van der Waals surface area (Å²) in [5, 5.41) is 3.11. The lowest BCUT2D eigenvalue weighted by molar-refractivity contribution is -0.139. The van der Waals surface area contributed by atoms with Gasteiger partial charge in [-0.05, 0) is 37.6 Å². The van der Waals surface area contributed by atoms with Gasteiger partial charge in [0.15, 0.2) is 0 Å². The van der Waals surface area contributed by atoms with Crippen molar-refractivity contribution in [2.45, 2.75) is 25.1 Å². The van der Waals surface area contributed by atoms with Gasteiger partial charge in [-0.25, -0.2) is 0 Å². The highest BCUT2D eigenvalue weighted by atomic mass is 79.9. The molecule has 0 bridgehead atoms. The van der Waals surface area contributed by atoms with Gasteiger partial charge in [0.2, 0.25) is 0 Å². The molecule has 0 radical (unpaired) electrons. The van der Waals surface area contributed by atoms with Gasteiger partial charge in [-0.1, -0.05) is 15.9 Å². The monoisotopic (exact) mass is 323 g/mol. The SMILES string of the molecule is FC(F)(F)c1ccc(Br)cc1OC1CCCNC1. The molecule has 1 aliphatic rings. The lowest BCUT2D eigenvalue weighted by Gasteiger charge is -2.25. The Balaban J connectivity index is 2.21. The van der Waals surface area contributed by atoms with Crippen LogP contribution in [0.25, 0.3) is 0 Å². The third-order valence-corrected chi connectivity index (χ3v) is 3.29. The molecular formula is C12H13BrF3NO. The summed E-state index contributed by atoms with van der Waals surface area (Å²) >= 11 is 3.16. The van der Waals surface area contributed by atoms with Crippen molar-refractivity contribution in [2.24, 2.45) is 0 Å². The molecule has 1 unspecified atom stereocenters. The van der Waals surface area contributed by atoms with Crippen molar-refractivity contribution in [2.75, 3.05) is 13.1 Å². The molecule has 1 fully saturated rings. The summed E-state index contributed by atoms with van der Waals surface area (Å²) in [5.41, 5.74) is -0.726. The molecule has 1 aromatic carbocycles. The fourth-order valence-corrected chi connectivity index (χ4v) is 2.27. The smallest absolute Gasteiger partial charge is 0.419 e. The van der Waals surface area contributed by atoms with Crippen molar-refractivity contribution >= 4 is 15.9 Å². The molecule has 1 N–H and O–H groups in total. The minimum atomic E-state index is -4.39. The van der Waals surface area contributed by atoms with Crippen LogP contribution >= 0.6 is 15.9 Å². The first-order chi connectivity index (χ1) is 8.47. The van der Waals surface area contributed by atoms with Gasteiger partial charge in [0.1, 0.15) is 11.9 Å². The summed E-state index contributed by atoms with van der Waals surface area (Å²) in [7, 11) is 0. The normalized spacial score (nSPS) is 20.8. The number of halogens is 4. The summed E-state index contributed by atoms with van der Waals surface area (Å²) in [6.45, 7) is 1.48. The maximum Gasteiger partial charge on any atom is 0.419 e. The summed E-state index contributed by atoms with van der Waals surface area (Å²) < 4.78 is 44.5. The van der Waals surface area contributed by atoms with Crippen LogP contribution in [0.15, 0.2) is 22.7 Å². The molecule has 1 aliphatic heterocycles. The van der Waals surface area contributed by atoms with Crippen LogP contribution in [0, 0.1) is 0 Å². The average molecular weight is 324 g/mol. The summed E-state index contributed by atoms with van der Waals surface area (Å²) in [4.78, 5) is 0. The van der Waals surface area contributed by atoms with Gasteiger partial charge in [0, 0.05) is 11.0 Å². The molecule has 1 heterocycles. The minimum Gasteiger partial charge on any atom is -0.488 e. The molecule has 0 saturated carbocycles. The van der Waals surface area contributed by atoms with Gasteiger partial charge < -0.3 is 10.1 Å².